The second-order valence-corrected chi connectivity index (χ2v) is 5.72. The number of likely N-dealkylation sites (N-methyl/N-ethyl adjacent to an activating group) is 1. The minimum atomic E-state index is -1.16. The first kappa shape index (κ1) is 17.5. The molecule has 1 atom stereocenters. The summed E-state index contributed by atoms with van der Waals surface area (Å²) >= 11 is 0. The number of nitrogens with one attached hydrogen (secondary N) is 1. The number of carbonyl (C=O) groups is 3. The van der Waals surface area contributed by atoms with Gasteiger partial charge in [-0.25, -0.2) is 0 Å². The zero-order valence-corrected chi connectivity index (χ0v) is 13.1. The normalized spacial score (nSPS) is 18.0. The Morgan fingerprint density at radius 3 is 2.19 bits per heavy atom. The van der Waals surface area contributed by atoms with E-state index in [0.717, 1.165) is 19.3 Å². The molecule has 120 valence electrons. The molecule has 2 N–H and O–H groups in total. The van der Waals surface area contributed by atoms with Crippen LogP contribution in [0.3, 0.4) is 0 Å². The van der Waals surface area contributed by atoms with Gasteiger partial charge < -0.3 is 15.3 Å². The molecule has 0 saturated heterocycles. The van der Waals surface area contributed by atoms with Gasteiger partial charge in [0.05, 0.1) is 5.41 Å². The second kappa shape index (κ2) is 7.43. The van der Waals surface area contributed by atoms with Gasteiger partial charge in [0.15, 0.2) is 0 Å². The lowest BCUT2D eigenvalue weighted by Crippen LogP contribution is -2.59. The average Bonchev–Trinajstić information content (AvgIpc) is 2.91. The average molecular weight is 298 g/mol. The van der Waals surface area contributed by atoms with E-state index >= 15 is 0 Å². The number of amides is 2. The van der Waals surface area contributed by atoms with Gasteiger partial charge >= 0.3 is 5.97 Å². The third-order valence-electron chi connectivity index (χ3n) is 4.26. The molecule has 1 aliphatic rings. The van der Waals surface area contributed by atoms with E-state index in [1.165, 1.54) is 6.92 Å². The molecule has 1 saturated carbocycles. The molecule has 1 fully saturated rings. The first-order valence-electron chi connectivity index (χ1n) is 7.68. The van der Waals surface area contributed by atoms with Crippen LogP contribution in [0.15, 0.2) is 0 Å². The topological polar surface area (TPSA) is 86.7 Å². The summed E-state index contributed by atoms with van der Waals surface area (Å²) in [5, 5.41) is 12.3. The predicted molar refractivity (Wildman–Crippen MR) is 78.7 cm³/mol. The Balaban J connectivity index is 3.11. The fourth-order valence-corrected chi connectivity index (χ4v) is 3.15. The molecule has 21 heavy (non-hydrogen) atoms. The van der Waals surface area contributed by atoms with Crippen LogP contribution in [-0.4, -0.2) is 46.9 Å². The van der Waals surface area contributed by atoms with Crippen molar-refractivity contribution in [2.24, 2.45) is 5.41 Å². The maximum atomic E-state index is 12.7. The Labute approximate surface area is 125 Å². The number of hydrogen-bond acceptors (Lipinski definition) is 3. The molecule has 0 radical (unpaired) electrons. The Hall–Kier alpha value is -1.59. The van der Waals surface area contributed by atoms with E-state index in [9.17, 15) is 19.5 Å². The zero-order valence-electron chi connectivity index (χ0n) is 13.1. The smallest absolute Gasteiger partial charge is 0.312 e. The van der Waals surface area contributed by atoms with Crippen LogP contribution >= 0.6 is 0 Å². The Morgan fingerprint density at radius 2 is 1.81 bits per heavy atom. The summed E-state index contributed by atoms with van der Waals surface area (Å²) in [6.45, 7) is 6.23. The highest BCUT2D eigenvalue weighted by atomic mass is 16.4. The van der Waals surface area contributed by atoms with Gasteiger partial charge in [0.2, 0.25) is 11.8 Å². The van der Waals surface area contributed by atoms with E-state index in [2.05, 4.69) is 5.32 Å². The number of carbonyl (C=O) groups excluding carboxylic acids is 2. The molecule has 0 aromatic heterocycles. The van der Waals surface area contributed by atoms with E-state index in [4.69, 9.17) is 0 Å². The van der Waals surface area contributed by atoms with Crippen molar-refractivity contribution < 1.29 is 19.5 Å². The summed E-state index contributed by atoms with van der Waals surface area (Å²) in [7, 11) is 0. The monoisotopic (exact) mass is 298 g/mol. The van der Waals surface area contributed by atoms with Crippen molar-refractivity contribution in [3.63, 3.8) is 0 Å². The molecule has 0 spiro atoms. The van der Waals surface area contributed by atoms with E-state index < -0.39 is 17.4 Å². The Morgan fingerprint density at radius 1 is 1.24 bits per heavy atom. The highest BCUT2D eigenvalue weighted by molar-refractivity contribution is 5.93. The van der Waals surface area contributed by atoms with Crippen molar-refractivity contribution >= 4 is 17.8 Å². The molecule has 0 aliphatic heterocycles. The summed E-state index contributed by atoms with van der Waals surface area (Å²) in [5.41, 5.74) is -1.16. The highest BCUT2D eigenvalue weighted by Crippen LogP contribution is 2.42. The lowest BCUT2D eigenvalue weighted by molar-refractivity contribution is -0.157. The van der Waals surface area contributed by atoms with Crippen molar-refractivity contribution in [1.82, 2.24) is 10.2 Å². The van der Waals surface area contributed by atoms with Crippen LogP contribution < -0.4 is 5.32 Å². The SMILES string of the molecule is CCCN(CC)C(=O)C(NC(C)=O)C1(C(=O)O)CCCC1. The van der Waals surface area contributed by atoms with Crippen molar-refractivity contribution in [3.8, 4) is 0 Å². The van der Waals surface area contributed by atoms with Crippen molar-refractivity contribution in [2.45, 2.75) is 58.9 Å². The first-order valence-corrected chi connectivity index (χ1v) is 7.68. The van der Waals surface area contributed by atoms with Crippen molar-refractivity contribution in [1.29, 1.82) is 0 Å². The standard InChI is InChI=1S/C15H26N2O4/c1-4-10-17(5-2)13(19)12(16-11(3)18)15(14(20)21)8-6-7-9-15/h12H,4-10H2,1-3H3,(H,16,18)(H,20,21). The van der Waals surface area contributed by atoms with Crippen molar-refractivity contribution in [2.75, 3.05) is 13.1 Å². The van der Waals surface area contributed by atoms with Gasteiger partial charge in [0.1, 0.15) is 6.04 Å². The highest BCUT2D eigenvalue weighted by Gasteiger charge is 2.52. The molecule has 2 amide bonds. The number of nitrogens with zero attached hydrogens (tertiary/aromatic N) is 1. The fourth-order valence-electron chi connectivity index (χ4n) is 3.15. The summed E-state index contributed by atoms with van der Waals surface area (Å²) in [5.74, 6) is -1.63. The van der Waals surface area contributed by atoms with Gasteiger partial charge in [-0.3, -0.25) is 14.4 Å². The molecule has 0 aromatic rings. The third-order valence-corrected chi connectivity index (χ3v) is 4.26. The minimum Gasteiger partial charge on any atom is -0.481 e. The van der Waals surface area contributed by atoms with Crippen LogP contribution in [0.25, 0.3) is 0 Å². The van der Waals surface area contributed by atoms with Gasteiger partial charge in [0, 0.05) is 20.0 Å². The molecule has 0 bridgehead atoms. The van der Waals surface area contributed by atoms with E-state index in [1.54, 1.807) is 4.90 Å². The summed E-state index contributed by atoms with van der Waals surface area (Å²) < 4.78 is 0. The largest absolute Gasteiger partial charge is 0.481 e. The molecule has 1 aliphatic carbocycles. The van der Waals surface area contributed by atoms with Gasteiger partial charge in [-0.15, -0.1) is 0 Å². The number of rotatable bonds is 7. The quantitative estimate of drug-likeness (QED) is 0.743. The van der Waals surface area contributed by atoms with Crippen LogP contribution in [-0.2, 0) is 14.4 Å². The molecule has 0 heterocycles. The summed E-state index contributed by atoms with van der Waals surface area (Å²) in [6.07, 6.45) is 3.21. The molecule has 1 unspecified atom stereocenters. The van der Waals surface area contributed by atoms with E-state index in [0.29, 0.717) is 25.9 Å². The van der Waals surface area contributed by atoms with Gasteiger partial charge in [-0.05, 0) is 26.2 Å². The number of aliphatic carboxylic acids is 1. The third kappa shape index (κ3) is 3.74. The molecular weight excluding hydrogens is 272 g/mol. The summed E-state index contributed by atoms with van der Waals surface area (Å²) in [4.78, 5) is 37.6. The maximum Gasteiger partial charge on any atom is 0.312 e. The molecule has 6 nitrogen and oxygen atoms in total. The first-order chi connectivity index (χ1) is 9.89. The second-order valence-electron chi connectivity index (χ2n) is 5.72. The lowest BCUT2D eigenvalue weighted by Gasteiger charge is -2.36. The zero-order chi connectivity index (χ0) is 16.0. The van der Waals surface area contributed by atoms with Crippen LogP contribution in [0, 0.1) is 5.41 Å². The van der Waals surface area contributed by atoms with Gasteiger partial charge in [-0.1, -0.05) is 19.8 Å². The van der Waals surface area contributed by atoms with Crippen LogP contribution in [0.5, 0.6) is 0 Å². The fraction of sp³-hybridized carbons (Fsp3) is 0.800. The molecule has 6 heteroatoms. The molecule has 0 aromatic carbocycles. The van der Waals surface area contributed by atoms with Gasteiger partial charge in [-0.2, -0.15) is 0 Å². The van der Waals surface area contributed by atoms with Gasteiger partial charge in [0.25, 0.3) is 0 Å². The van der Waals surface area contributed by atoms with Crippen LogP contribution in [0.1, 0.15) is 52.9 Å². The minimum absolute atomic E-state index is 0.279. The van der Waals surface area contributed by atoms with E-state index in [1.807, 2.05) is 13.8 Å². The molecular formula is C15H26N2O4. The maximum absolute atomic E-state index is 12.7. The number of carboxylic acids is 1. The molecule has 1 rings (SSSR count). The van der Waals surface area contributed by atoms with Crippen LogP contribution in [0.2, 0.25) is 0 Å². The Bertz CT molecular complexity index is 402. The number of carboxylic acid groups (broad SMARTS) is 1. The predicted octanol–water partition coefficient (Wildman–Crippen LogP) is 1.39. The Kier molecular flexibility index (Phi) is 6.18. The van der Waals surface area contributed by atoms with E-state index in [-0.39, 0.29) is 11.8 Å². The lowest BCUT2D eigenvalue weighted by atomic mass is 9.77. The van der Waals surface area contributed by atoms with Crippen LogP contribution in [0.4, 0.5) is 0 Å². The number of hydrogen-bond donors (Lipinski definition) is 2. The van der Waals surface area contributed by atoms with Crippen molar-refractivity contribution in [3.05, 3.63) is 0 Å². The summed E-state index contributed by atoms with van der Waals surface area (Å²) in [6, 6.07) is -0.971.